The first-order chi connectivity index (χ1) is 4.04. The van der Waals surface area contributed by atoms with Gasteiger partial charge in [0.15, 0.2) is 0 Å². The molecule has 0 radical (unpaired) electrons. The second-order valence-corrected chi connectivity index (χ2v) is 2.45. The summed E-state index contributed by atoms with van der Waals surface area (Å²) >= 11 is 0. The maximum Gasteiger partial charge on any atom is -0.0395 e. The fourth-order valence-electron chi connectivity index (χ4n) is 0.493. The summed E-state index contributed by atoms with van der Waals surface area (Å²) in [7, 11) is 0. The van der Waals surface area contributed by atoms with Crippen LogP contribution in [0.25, 0.3) is 0 Å². The minimum Gasteiger partial charge on any atom is -0.0961 e. The van der Waals surface area contributed by atoms with Gasteiger partial charge in [0.25, 0.3) is 0 Å². The molecule has 0 aliphatic carbocycles. The van der Waals surface area contributed by atoms with Crippen LogP contribution in [0.15, 0.2) is 36.0 Å². The maximum atomic E-state index is 3.80. The predicted molar refractivity (Wildman–Crippen MR) is 43.4 cm³/mol. The van der Waals surface area contributed by atoms with Crippen molar-refractivity contribution in [2.45, 2.75) is 20.8 Å². The third-order valence-corrected chi connectivity index (χ3v) is 1.14. The van der Waals surface area contributed by atoms with Gasteiger partial charge >= 0.3 is 0 Å². The van der Waals surface area contributed by atoms with E-state index in [4.69, 9.17) is 0 Å². The fourth-order valence-corrected chi connectivity index (χ4v) is 0.493. The molecule has 0 saturated heterocycles. The first kappa shape index (κ1) is 8.22. The van der Waals surface area contributed by atoms with Gasteiger partial charge in [-0.15, -0.1) is 0 Å². The Morgan fingerprint density at radius 2 is 1.56 bits per heavy atom. The summed E-state index contributed by atoms with van der Waals surface area (Å²) in [6, 6.07) is 0. The van der Waals surface area contributed by atoms with E-state index in [-0.39, 0.29) is 0 Å². The van der Waals surface area contributed by atoms with Crippen molar-refractivity contribution in [3.8, 4) is 0 Å². The first-order valence-electron chi connectivity index (χ1n) is 3.03. The van der Waals surface area contributed by atoms with Gasteiger partial charge in [0.1, 0.15) is 0 Å². The molecule has 0 atom stereocenters. The normalized spacial score (nSPS) is 11.2. The molecule has 0 saturated carbocycles. The number of hydrogen-bond acceptors (Lipinski definition) is 0. The second kappa shape index (κ2) is 3.29. The van der Waals surface area contributed by atoms with Gasteiger partial charge in [-0.05, 0) is 26.3 Å². The zero-order chi connectivity index (χ0) is 7.44. The van der Waals surface area contributed by atoms with Gasteiger partial charge in [-0.1, -0.05) is 30.4 Å². The van der Waals surface area contributed by atoms with Crippen LogP contribution in [0.2, 0.25) is 0 Å². The van der Waals surface area contributed by atoms with Crippen LogP contribution >= 0.6 is 0 Å². The van der Waals surface area contributed by atoms with Gasteiger partial charge < -0.3 is 0 Å². The van der Waals surface area contributed by atoms with Crippen molar-refractivity contribution in [1.82, 2.24) is 0 Å². The highest BCUT2D eigenvalue weighted by Crippen LogP contribution is 2.07. The number of allylic oxidation sites excluding steroid dienone is 4. The van der Waals surface area contributed by atoms with Crippen molar-refractivity contribution in [3.63, 3.8) is 0 Å². The molecule has 0 fully saturated rings. The lowest BCUT2D eigenvalue weighted by atomic mass is 10.1. The van der Waals surface area contributed by atoms with E-state index in [1.165, 1.54) is 5.57 Å². The Morgan fingerprint density at radius 3 is 1.67 bits per heavy atom. The number of rotatable bonds is 2. The van der Waals surface area contributed by atoms with Crippen molar-refractivity contribution in [2.24, 2.45) is 0 Å². The summed E-state index contributed by atoms with van der Waals surface area (Å²) in [5, 5.41) is 0. The lowest BCUT2D eigenvalue weighted by Gasteiger charge is -1.96. The molecule has 0 amide bonds. The second-order valence-electron chi connectivity index (χ2n) is 2.45. The third kappa shape index (κ3) is 3.77. The largest absolute Gasteiger partial charge is 0.0961 e. The summed E-state index contributed by atoms with van der Waals surface area (Å²) in [6.45, 7) is 13.6. The van der Waals surface area contributed by atoms with Crippen molar-refractivity contribution in [1.29, 1.82) is 0 Å². The molecule has 0 aromatic rings. The maximum absolute atomic E-state index is 3.80. The van der Waals surface area contributed by atoms with E-state index in [1.807, 2.05) is 26.8 Å². The average Bonchev–Trinajstić information content (AvgIpc) is 1.63. The van der Waals surface area contributed by atoms with Crippen molar-refractivity contribution in [3.05, 3.63) is 36.0 Å². The van der Waals surface area contributed by atoms with E-state index in [0.717, 1.165) is 11.1 Å². The summed E-state index contributed by atoms with van der Waals surface area (Å²) in [6.07, 6.45) is 2.03. The van der Waals surface area contributed by atoms with Crippen LogP contribution in [0.4, 0.5) is 0 Å². The molecule has 0 nitrogen and oxygen atoms in total. The Bertz CT molecular complexity index is 159. The van der Waals surface area contributed by atoms with E-state index >= 15 is 0 Å². The Morgan fingerprint density at radius 1 is 1.11 bits per heavy atom. The van der Waals surface area contributed by atoms with E-state index < -0.39 is 0 Å². The van der Waals surface area contributed by atoms with Crippen molar-refractivity contribution < 1.29 is 0 Å². The van der Waals surface area contributed by atoms with E-state index in [2.05, 4.69) is 13.2 Å². The van der Waals surface area contributed by atoms with Gasteiger partial charge in [0.05, 0.1) is 0 Å². The monoisotopic (exact) mass is 122 g/mol. The average molecular weight is 122 g/mol. The fraction of sp³-hybridized carbons (Fsp3) is 0.333. The molecule has 0 heterocycles. The SMILES string of the molecule is C=C(C)/C=C(\C)C(=C)C. The molecule has 0 aliphatic heterocycles. The molecule has 9 heavy (non-hydrogen) atoms. The van der Waals surface area contributed by atoms with Gasteiger partial charge in [0.2, 0.25) is 0 Å². The Hall–Kier alpha value is -0.780. The molecule has 0 aliphatic rings. The molecule has 0 rings (SSSR count). The Balaban J connectivity index is 4.17. The summed E-state index contributed by atoms with van der Waals surface area (Å²) in [5.41, 5.74) is 3.40. The lowest BCUT2D eigenvalue weighted by molar-refractivity contribution is 1.34. The molecule has 0 heteroatoms. The highest BCUT2D eigenvalue weighted by Gasteiger charge is 1.86. The zero-order valence-electron chi connectivity index (χ0n) is 6.49. The molecule has 0 N–H and O–H groups in total. The summed E-state index contributed by atoms with van der Waals surface area (Å²) < 4.78 is 0. The molecular weight excluding hydrogens is 108 g/mol. The van der Waals surface area contributed by atoms with Gasteiger partial charge in [-0.25, -0.2) is 0 Å². The van der Waals surface area contributed by atoms with Crippen molar-refractivity contribution in [2.75, 3.05) is 0 Å². The molecule has 0 bridgehead atoms. The van der Waals surface area contributed by atoms with Crippen LogP contribution in [0.3, 0.4) is 0 Å². The topological polar surface area (TPSA) is 0 Å². The molecule has 0 aromatic carbocycles. The van der Waals surface area contributed by atoms with Crippen LogP contribution in [0.5, 0.6) is 0 Å². The van der Waals surface area contributed by atoms with Crippen molar-refractivity contribution >= 4 is 0 Å². The molecular formula is C9H14. The quantitative estimate of drug-likeness (QED) is 0.494. The third-order valence-electron chi connectivity index (χ3n) is 1.14. The zero-order valence-corrected chi connectivity index (χ0v) is 6.49. The van der Waals surface area contributed by atoms with E-state index in [0.29, 0.717) is 0 Å². The van der Waals surface area contributed by atoms with E-state index in [9.17, 15) is 0 Å². The van der Waals surface area contributed by atoms with Crippen LogP contribution < -0.4 is 0 Å². The Kier molecular flexibility index (Phi) is 3.00. The smallest absolute Gasteiger partial charge is 0.0395 e. The van der Waals surface area contributed by atoms with Gasteiger partial charge in [0, 0.05) is 0 Å². The van der Waals surface area contributed by atoms with Crippen LogP contribution in [0, 0.1) is 0 Å². The Labute approximate surface area is 57.6 Å². The van der Waals surface area contributed by atoms with Gasteiger partial charge in [-0.2, -0.15) is 0 Å². The molecule has 0 spiro atoms. The highest BCUT2D eigenvalue weighted by atomic mass is 13.9. The predicted octanol–water partition coefficient (Wildman–Crippen LogP) is 3.08. The highest BCUT2D eigenvalue weighted by molar-refractivity contribution is 5.30. The first-order valence-corrected chi connectivity index (χ1v) is 3.03. The number of hydrogen-bond donors (Lipinski definition) is 0. The van der Waals surface area contributed by atoms with Crippen LogP contribution in [0.1, 0.15) is 20.8 Å². The van der Waals surface area contributed by atoms with Gasteiger partial charge in [-0.3, -0.25) is 0 Å². The van der Waals surface area contributed by atoms with Crippen LogP contribution in [-0.4, -0.2) is 0 Å². The summed E-state index contributed by atoms with van der Waals surface area (Å²) in [5.74, 6) is 0. The minimum atomic E-state index is 1.08. The molecule has 0 aromatic heterocycles. The minimum absolute atomic E-state index is 1.08. The van der Waals surface area contributed by atoms with Crippen LogP contribution in [-0.2, 0) is 0 Å². The molecule has 0 unspecified atom stereocenters. The standard InChI is InChI=1S/C9H14/c1-7(2)6-9(5)8(3)4/h6H,1,3H2,2,4-5H3/b9-6+. The lowest BCUT2D eigenvalue weighted by Crippen LogP contribution is -1.75. The summed E-state index contributed by atoms with van der Waals surface area (Å²) in [4.78, 5) is 0. The molecule has 50 valence electrons. The van der Waals surface area contributed by atoms with E-state index in [1.54, 1.807) is 0 Å².